The van der Waals surface area contributed by atoms with Gasteiger partial charge in [-0.25, -0.2) is 0 Å². The summed E-state index contributed by atoms with van der Waals surface area (Å²) in [5.41, 5.74) is 3.81. The fourth-order valence-electron chi connectivity index (χ4n) is 2.27. The molecule has 1 aromatic heterocycles. The van der Waals surface area contributed by atoms with Gasteiger partial charge in [0.15, 0.2) is 0 Å². The molecule has 0 spiro atoms. The Morgan fingerprint density at radius 2 is 2.14 bits per heavy atom. The summed E-state index contributed by atoms with van der Waals surface area (Å²) in [7, 11) is 1.60. The van der Waals surface area contributed by atoms with Gasteiger partial charge in [-0.3, -0.25) is 4.79 Å². The van der Waals surface area contributed by atoms with Crippen LogP contribution in [0.15, 0.2) is 29.6 Å². The minimum absolute atomic E-state index is 0. The van der Waals surface area contributed by atoms with Crippen LogP contribution in [0.2, 0.25) is 0 Å². The second-order valence-corrected chi connectivity index (χ2v) is 5.65. The average molecular weight is 325 g/mol. The molecule has 0 radical (unpaired) electrons. The van der Waals surface area contributed by atoms with Gasteiger partial charge in [-0.2, -0.15) is 0 Å². The number of hydrogen-bond donors (Lipinski definition) is 2. The largest absolute Gasteiger partial charge is 0.496 e. The summed E-state index contributed by atoms with van der Waals surface area (Å²) in [6.07, 6.45) is 0. The van der Waals surface area contributed by atoms with Crippen molar-refractivity contribution in [3.63, 3.8) is 0 Å². The molecule has 112 valence electrons. The lowest BCUT2D eigenvalue weighted by atomic mass is 10.1. The monoisotopic (exact) mass is 324 g/mol. The molecule has 1 amide bonds. The summed E-state index contributed by atoms with van der Waals surface area (Å²) in [4.78, 5) is 12.7. The number of hydrogen-bond acceptors (Lipinski definition) is 4. The summed E-state index contributed by atoms with van der Waals surface area (Å²) >= 11 is 1.39. The van der Waals surface area contributed by atoms with Gasteiger partial charge in [0, 0.05) is 31.1 Å². The number of carbonyl (C=O) groups excluding carboxylic acids is 1. The van der Waals surface area contributed by atoms with Gasteiger partial charge in [0.2, 0.25) is 0 Å². The zero-order valence-electron chi connectivity index (χ0n) is 11.6. The molecule has 4 nitrogen and oxygen atoms in total. The Labute approximate surface area is 133 Å². The number of benzene rings is 1. The number of thiophene rings is 1. The topological polar surface area (TPSA) is 50.4 Å². The van der Waals surface area contributed by atoms with Crippen LogP contribution in [0.5, 0.6) is 5.75 Å². The van der Waals surface area contributed by atoms with E-state index < -0.39 is 0 Å². The predicted molar refractivity (Wildman–Crippen MR) is 86.3 cm³/mol. The van der Waals surface area contributed by atoms with Crippen LogP contribution in [0.25, 0.3) is 0 Å². The summed E-state index contributed by atoms with van der Waals surface area (Å²) in [6, 6.07) is 8.11. The van der Waals surface area contributed by atoms with Crippen LogP contribution in [0.3, 0.4) is 0 Å². The standard InChI is InChI=1S/C15H16N2O2S.ClH/c1-19-13-5-14(20-9-13)15(18)17-6-10-2-3-11-7-16-8-12(11)4-10;/h2-5,9,16H,6-8H2,1H3,(H,17,18);1H. The van der Waals surface area contributed by atoms with E-state index >= 15 is 0 Å². The van der Waals surface area contributed by atoms with Crippen molar-refractivity contribution in [3.8, 4) is 5.75 Å². The van der Waals surface area contributed by atoms with Gasteiger partial charge in [0.1, 0.15) is 5.75 Å². The van der Waals surface area contributed by atoms with Crippen molar-refractivity contribution in [2.24, 2.45) is 0 Å². The van der Waals surface area contributed by atoms with E-state index in [-0.39, 0.29) is 18.3 Å². The Hall–Kier alpha value is -1.56. The van der Waals surface area contributed by atoms with E-state index in [1.807, 2.05) is 5.38 Å². The number of halogens is 1. The van der Waals surface area contributed by atoms with E-state index in [1.54, 1.807) is 13.2 Å². The second-order valence-electron chi connectivity index (χ2n) is 4.74. The highest BCUT2D eigenvalue weighted by Gasteiger charge is 2.12. The molecule has 1 aromatic carbocycles. The van der Waals surface area contributed by atoms with Crippen LogP contribution in [0.1, 0.15) is 26.4 Å². The molecule has 0 atom stereocenters. The van der Waals surface area contributed by atoms with Crippen molar-refractivity contribution in [1.82, 2.24) is 10.6 Å². The van der Waals surface area contributed by atoms with Gasteiger partial charge in [-0.1, -0.05) is 18.2 Å². The van der Waals surface area contributed by atoms with Crippen molar-refractivity contribution in [3.05, 3.63) is 51.2 Å². The molecule has 0 saturated carbocycles. The van der Waals surface area contributed by atoms with Crippen LogP contribution in [0, 0.1) is 0 Å². The van der Waals surface area contributed by atoms with Crippen molar-refractivity contribution in [2.45, 2.75) is 19.6 Å². The molecule has 0 unspecified atom stereocenters. The summed E-state index contributed by atoms with van der Waals surface area (Å²) in [5, 5.41) is 8.08. The molecule has 3 rings (SSSR count). The molecule has 1 aliphatic rings. The normalized spacial score (nSPS) is 12.4. The number of ether oxygens (including phenoxy) is 1. The molecule has 2 N–H and O–H groups in total. The first-order chi connectivity index (χ1) is 9.76. The first-order valence-corrected chi connectivity index (χ1v) is 7.36. The molecular formula is C15H17ClN2O2S. The maximum Gasteiger partial charge on any atom is 0.261 e. The smallest absolute Gasteiger partial charge is 0.261 e. The predicted octanol–water partition coefficient (Wildman–Crippen LogP) is 2.71. The van der Waals surface area contributed by atoms with E-state index in [0.29, 0.717) is 11.4 Å². The molecule has 2 aromatic rings. The molecule has 21 heavy (non-hydrogen) atoms. The number of methoxy groups -OCH3 is 1. The number of amides is 1. The Balaban J connectivity index is 0.00000161. The third kappa shape index (κ3) is 3.56. The lowest BCUT2D eigenvalue weighted by Crippen LogP contribution is -2.21. The van der Waals surface area contributed by atoms with Gasteiger partial charge >= 0.3 is 0 Å². The Kier molecular flexibility index (Phi) is 5.22. The number of rotatable bonds is 4. The van der Waals surface area contributed by atoms with Crippen LogP contribution in [-0.4, -0.2) is 13.0 Å². The lowest BCUT2D eigenvalue weighted by Gasteiger charge is -2.06. The Morgan fingerprint density at radius 1 is 1.33 bits per heavy atom. The first kappa shape index (κ1) is 15.8. The minimum Gasteiger partial charge on any atom is -0.496 e. The highest BCUT2D eigenvalue weighted by Crippen LogP contribution is 2.21. The van der Waals surface area contributed by atoms with E-state index in [4.69, 9.17) is 4.74 Å². The Bertz CT molecular complexity index is 642. The highest BCUT2D eigenvalue weighted by molar-refractivity contribution is 7.12. The lowest BCUT2D eigenvalue weighted by molar-refractivity contribution is 0.0954. The summed E-state index contributed by atoms with van der Waals surface area (Å²) < 4.78 is 5.08. The number of carbonyl (C=O) groups is 1. The fourth-order valence-corrected chi connectivity index (χ4v) is 3.04. The molecule has 6 heteroatoms. The third-order valence-electron chi connectivity index (χ3n) is 3.39. The third-order valence-corrected chi connectivity index (χ3v) is 4.30. The van der Waals surface area contributed by atoms with Crippen LogP contribution in [-0.2, 0) is 19.6 Å². The quantitative estimate of drug-likeness (QED) is 0.909. The Morgan fingerprint density at radius 3 is 2.90 bits per heavy atom. The van der Waals surface area contributed by atoms with E-state index in [9.17, 15) is 4.79 Å². The van der Waals surface area contributed by atoms with Gasteiger partial charge in [-0.15, -0.1) is 23.7 Å². The molecule has 0 saturated heterocycles. The van der Waals surface area contributed by atoms with Crippen molar-refractivity contribution in [2.75, 3.05) is 7.11 Å². The second kappa shape index (κ2) is 6.93. The van der Waals surface area contributed by atoms with E-state index in [0.717, 1.165) is 24.4 Å². The zero-order valence-corrected chi connectivity index (χ0v) is 13.3. The average Bonchev–Trinajstić information content (AvgIpc) is 3.12. The molecule has 2 heterocycles. The fraction of sp³-hybridized carbons (Fsp3) is 0.267. The molecule has 1 aliphatic heterocycles. The van der Waals surface area contributed by atoms with Gasteiger partial charge in [0.25, 0.3) is 5.91 Å². The maximum absolute atomic E-state index is 12.0. The molecule has 0 aliphatic carbocycles. The minimum atomic E-state index is -0.0584. The number of nitrogens with one attached hydrogen (secondary N) is 2. The number of fused-ring (bicyclic) bond motifs is 1. The molecule has 0 fully saturated rings. The maximum atomic E-state index is 12.0. The van der Waals surface area contributed by atoms with Gasteiger partial charge < -0.3 is 15.4 Å². The highest BCUT2D eigenvalue weighted by atomic mass is 35.5. The van der Waals surface area contributed by atoms with Crippen LogP contribution < -0.4 is 15.4 Å². The van der Waals surface area contributed by atoms with Crippen LogP contribution in [0.4, 0.5) is 0 Å². The van der Waals surface area contributed by atoms with Crippen molar-refractivity contribution >= 4 is 29.7 Å². The van der Waals surface area contributed by atoms with Crippen molar-refractivity contribution < 1.29 is 9.53 Å². The van der Waals surface area contributed by atoms with E-state index in [2.05, 4.69) is 28.8 Å². The van der Waals surface area contributed by atoms with Crippen molar-refractivity contribution in [1.29, 1.82) is 0 Å². The first-order valence-electron chi connectivity index (χ1n) is 6.48. The van der Waals surface area contributed by atoms with Gasteiger partial charge in [-0.05, 0) is 16.7 Å². The summed E-state index contributed by atoms with van der Waals surface area (Å²) in [6.45, 7) is 2.41. The van der Waals surface area contributed by atoms with E-state index in [1.165, 1.54) is 22.5 Å². The molecule has 0 bridgehead atoms. The molecular weight excluding hydrogens is 308 g/mol. The van der Waals surface area contributed by atoms with Gasteiger partial charge in [0.05, 0.1) is 12.0 Å². The zero-order chi connectivity index (χ0) is 13.9. The summed E-state index contributed by atoms with van der Waals surface area (Å²) in [5.74, 6) is 0.667. The van der Waals surface area contributed by atoms with Crippen LogP contribution >= 0.6 is 23.7 Å². The SMILES string of the molecule is COc1csc(C(=O)NCc2ccc3c(c2)CNC3)c1.Cl.